The number of furan rings is 1. The van der Waals surface area contributed by atoms with Crippen LogP contribution in [0.2, 0.25) is 0 Å². The highest BCUT2D eigenvalue weighted by Gasteiger charge is 2.25. The maximum absolute atomic E-state index is 13.7. The molecule has 0 bridgehead atoms. The molecule has 1 aromatic heterocycles. The molecule has 7 heteroatoms. The van der Waals surface area contributed by atoms with Gasteiger partial charge in [0.1, 0.15) is 18.1 Å². The lowest BCUT2D eigenvalue weighted by Crippen LogP contribution is -2.46. The van der Waals surface area contributed by atoms with Crippen molar-refractivity contribution in [1.29, 1.82) is 0 Å². The van der Waals surface area contributed by atoms with Crippen LogP contribution in [0.15, 0.2) is 65.1 Å². The normalized spacial score (nSPS) is 11.6. The second kappa shape index (κ2) is 14.3. The van der Waals surface area contributed by atoms with E-state index in [1.54, 1.807) is 24.0 Å². The third kappa shape index (κ3) is 8.13. The van der Waals surface area contributed by atoms with Crippen molar-refractivity contribution in [2.24, 2.45) is 0 Å². The molecule has 2 amide bonds. The molecule has 1 heterocycles. The zero-order chi connectivity index (χ0) is 27.5. The number of ether oxygens (including phenoxy) is 2. The van der Waals surface area contributed by atoms with Crippen LogP contribution in [0.1, 0.15) is 49.3 Å². The summed E-state index contributed by atoms with van der Waals surface area (Å²) in [4.78, 5) is 30.4. The van der Waals surface area contributed by atoms with E-state index in [9.17, 15) is 9.59 Å². The van der Waals surface area contributed by atoms with Crippen LogP contribution >= 0.6 is 0 Å². The van der Waals surface area contributed by atoms with E-state index in [4.69, 9.17) is 13.9 Å². The Balaban J connectivity index is 1.74. The Hall–Kier alpha value is -3.74. The lowest BCUT2D eigenvalue weighted by Gasteiger charge is -2.31. The summed E-state index contributed by atoms with van der Waals surface area (Å²) in [6, 6.07) is 19.5. The highest BCUT2D eigenvalue weighted by Crippen LogP contribution is 2.28. The molecule has 0 aliphatic heterocycles. The molecule has 0 aliphatic carbocycles. The molecule has 1 atom stereocenters. The minimum atomic E-state index is -0.104. The Labute approximate surface area is 226 Å². The van der Waals surface area contributed by atoms with E-state index in [0.29, 0.717) is 49.6 Å². The van der Waals surface area contributed by atoms with Crippen molar-refractivity contribution >= 4 is 11.8 Å². The van der Waals surface area contributed by atoms with Crippen LogP contribution in [0.3, 0.4) is 0 Å². The standard InChI is InChI=1S/C31H40N2O5/c1-6-23(2)33(30(34)17-14-25-10-8-7-9-11-25)22-31(35)32(21-27-15-12-24(3)38-27)19-18-26-13-16-28(36-4)29(20-26)37-5/h7-13,15-16,20,23H,6,14,17-19,21-22H2,1-5H3. The maximum Gasteiger partial charge on any atom is 0.242 e. The first-order valence-electron chi connectivity index (χ1n) is 13.2. The van der Waals surface area contributed by atoms with Crippen LogP contribution in [0.5, 0.6) is 11.5 Å². The summed E-state index contributed by atoms with van der Waals surface area (Å²) < 4.78 is 16.6. The molecule has 0 saturated heterocycles. The zero-order valence-corrected chi connectivity index (χ0v) is 23.2. The van der Waals surface area contributed by atoms with Crippen molar-refractivity contribution in [3.8, 4) is 11.5 Å². The van der Waals surface area contributed by atoms with E-state index in [2.05, 4.69) is 0 Å². The maximum atomic E-state index is 13.7. The Bertz CT molecular complexity index is 1170. The molecule has 1 unspecified atom stereocenters. The Morgan fingerprint density at radius 1 is 0.895 bits per heavy atom. The summed E-state index contributed by atoms with van der Waals surface area (Å²) in [5, 5.41) is 0. The van der Waals surface area contributed by atoms with E-state index in [1.807, 2.05) is 81.4 Å². The molecule has 0 radical (unpaired) electrons. The zero-order valence-electron chi connectivity index (χ0n) is 23.2. The first-order chi connectivity index (χ1) is 18.3. The van der Waals surface area contributed by atoms with E-state index >= 15 is 0 Å². The molecule has 3 aromatic rings. The highest BCUT2D eigenvalue weighted by molar-refractivity contribution is 5.85. The molecule has 38 heavy (non-hydrogen) atoms. The van der Waals surface area contributed by atoms with Crippen molar-refractivity contribution in [2.45, 2.75) is 59.0 Å². The molecule has 0 saturated carbocycles. The number of carbonyl (C=O) groups is 2. The summed E-state index contributed by atoms with van der Waals surface area (Å²) in [6.45, 7) is 6.77. The van der Waals surface area contributed by atoms with Gasteiger partial charge in [-0.3, -0.25) is 9.59 Å². The molecular weight excluding hydrogens is 480 g/mol. The number of benzene rings is 2. The molecule has 7 nitrogen and oxygen atoms in total. The fraction of sp³-hybridized carbons (Fsp3) is 0.419. The molecule has 2 aromatic carbocycles. The average Bonchev–Trinajstić information content (AvgIpc) is 3.36. The monoisotopic (exact) mass is 520 g/mol. The van der Waals surface area contributed by atoms with Gasteiger partial charge >= 0.3 is 0 Å². The van der Waals surface area contributed by atoms with Crippen LogP contribution in [0.4, 0.5) is 0 Å². The Morgan fingerprint density at radius 3 is 2.26 bits per heavy atom. The summed E-state index contributed by atoms with van der Waals surface area (Å²) >= 11 is 0. The number of hydrogen-bond acceptors (Lipinski definition) is 5. The number of aryl methyl sites for hydroxylation is 2. The fourth-order valence-corrected chi connectivity index (χ4v) is 4.35. The van der Waals surface area contributed by atoms with E-state index in [-0.39, 0.29) is 24.4 Å². The van der Waals surface area contributed by atoms with Gasteiger partial charge in [-0.15, -0.1) is 0 Å². The molecule has 0 N–H and O–H groups in total. The summed E-state index contributed by atoms with van der Waals surface area (Å²) in [5.41, 5.74) is 2.13. The van der Waals surface area contributed by atoms with E-state index in [0.717, 1.165) is 23.3 Å². The predicted octanol–water partition coefficient (Wildman–Crippen LogP) is 5.44. The first-order valence-corrected chi connectivity index (χ1v) is 13.2. The van der Waals surface area contributed by atoms with Crippen LogP contribution < -0.4 is 9.47 Å². The molecule has 0 spiro atoms. The average molecular weight is 521 g/mol. The minimum absolute atomic E-state index is 0.00904. The second-order valence-corrected chi connectivity index (χ2v) is 9.53. The van der Waals surface area contributed by atoms with Gasteiger partial charge in [0.05, 0.1) is 20.8 Å². The molecular formula is C31H40N2O5. The van der Waals surface area contributed by atoms with E-state index < -0.39 is 0 Å². The quantitative estimate of drug-likeness (QED) is 0.283. The SMILES string of the molecule is CCC(C)N(CC(=O)N(CCc1ccc(OC)c(OC)c1)Cc1ccc(C)o1)C(=O)CCc1ccccc1. The number of nitrogens with zero attached hydrogens (tertiary/aromatic N) is 2. The van der Waals surface area contributed by atoms with Gasteiger partial charge in [-0.25, -0.2) is 0 Å². The summed E-state index contributed by atoms with van der Waals surface area (Å²) in [5.74, 6) is 2.71. The van der Waals surface area contributed by atoms with Crippen LogP contribution in [0, 0.1) is 6.92 Å². The van der Waals surface area contributed by atoms with Gasteiger partial charge in [0.15, 0.2) is 11.5 Å². The third-order valence-corrected chi connectivity index (χ3v) is 6.83. The van der Waals surface area contributed by atoms with E-state index in [1.165, 1.54) is 0 Å². The lowest BCUT2D eigenvalue weighted by molar-refractivity contribution is -0.142. The van der Waals surface area contributed by atoms with Gasteiger partial charge < -0.3 is 23.7 Å². The van der Waals surface area contributed by atoms with Crippen molar-refractivity contribution in [1.82, 2.24) is 9.80 Å². The number of carbonyl (C=O) groups excluding carboxylic acids is 2. The summed E-state index contributed by atoms with van der Waals surface area (Å²) in [7, 11) is 3.21. The number of rotatable bonds is 14. The molecule has 0 fully saturated rings. The predicted molar refractivity (Wildman–Crippen MR) is 148 cm³/mol. The molecule has 3 rings (SSSR count). The van der Waals surface area contributed by atoms with Crippen LogP contribution in [-0.4, -0.2) is 55.0 Å². The van der Waals surface area contributed by atoms with Gasteiger partial charge in [-0.1, -0.05) is 43.3 Å². The van der Waals surface area contributed by atoms with Gasteiger partial charge in [-0.05, 0) is 68.5 Å². The largest absolute Gasteiger partial charge is 0.493 e. The van der Waals surface area contributed by atoms with Crippen molar-refractivity contribution in [3.63, 3.8) is 0 Å². The topological polar surface area (TPSA) is 72.2 Å². The number of methoxy groups -OCH3 is 2. The number of hydrogen-bond donors (Lipinski definition) is 0. The smallest absolute Gasteiger partial charge is 0.242 e. The van der Waals surface area contributed by atoms with Crippen molar-refractivity contribution < 1.29 is 23.5 Å². The second-order valence-electron chi connectivity index (χ2n) is 9.53. The minimum Gasteiger partial charge on any atom is -0.493 e. The van der Waals surface area contributed by atoms with Gasteiger partial charge in [0.25, 0.3) is 0 Å². The first kappa shape index (κ1) is 28.8. The van der Waals surface area contributed by atoms with Crippen LogP contribution in [-0.2, 0) is 29.0 Å². The van der Waals surface area contributed by atoms with Gasteiger partial charge in [-0.2, -0.15) is 0 Å². The Morgan fingerprint density at radius 2 is 1.63 bits per heavy atom. The van der Waals surface area contributed by atoms with Gasteiger partial charge in [0.2, 0.25) is 11.8 Å². The highest BCUT2D eigenvalue weighted by atomic mass is 16.5. The molecule has 0 aliphatic rings. The molecule has 204 valence electrons. The Kier molecular flexibility index (Phi) is 10.8. The van der Waals surface area contributed by atoms with Crippen molar-refractivity contribution in [2.75, 3.05) is 27.3 Å². The number of amides is 2. The lowest BCUT2D eigenvalue weighted by atomic mass is 10.1. The fourth-order valence-electron chi connectivity index (χ4n) is 4.35. The van der Waals surface area contributed by atoms with Crippen LogP contribution in [0.25, 0.3) is 0 Å². The summed E-state index contributed by atoms with van der Waals surface area (Å²) in [6.07, 6.45) is 2.41. The van der Waals surface area contributed by atoms with Crippen molar-refractivity contribution in [3.05, 3.63) is 83.3 Å². The van der Waals surface area contributed by atoms with Gasteiger partial charge in [0, 0.05) is 19.0 Å². The third-order valence-electron chi connectivity index (χ3n) is 6.83.